The van der Waals surface area contributed by atoms with Crippen molar-refractivity contribution in [2.24, 2.45) is 0 Å². The number of carbonyl (C=O) groups is 2. The minimum Gasteiger partial charge on any atom is -0.503 e. The molecule has 0 saturated heterocycles. The van der Waals surface area contributed by atoms with Gasteiger partial charge >= 0.3 is 11.9 Å². The summed E-state index contributed by atoms with van der Waals surface area (Å²) in [5.74, 6) is 0.0344. The van der Waals surface area contributed by atoms with Gasteiger partial charge in [0.25, 0.3) is 0 Å². The van der Waals surface area contributed by atoms with Gasteiger partial charge in [-0.25, -0.2) is 4.79 Å². The van der Waals surface area contributed by atoms with Crippen LogP contribution in [0.5, 0.6) is 17.2 Å². The van der Waals surface area contributed by atoms with E-state index < -0.39 is 17.0 Å². The Kier molecular flexibility index (Phi) is 11.1. The summed E-state index contributed by atoms with van der Waals surface area (Å²) in [6.07, 6.45) is 2.53. The molecule has 0 bridgehead atoms. The molecule has 1 aliphatic rings. The lowest BCUT2D eigenvalue weighted by Crippen LogP contribution is -2.46. The lowest BCUT2D eigenvalue weighted by Gasteiger charge is -2.36. The highest BCUT2D eigenvalue weighted by molar-refractivity contribution is 5.85. The monoisotopic (exact) mass is 558 g/mol. The molecule has 0 saturated carbocycles. The SMILES string of the molecule is Cc1c(C)c2c(c(C)c1OC(=O)CN(C)C)CCC(C)(C(=O)OCCn1ccc(=O)c(O)c1C)O2.Cl.Cl. The number of pyridine rings is 1. The van der Waals surface area contributed by atoms with E-state index in [1.807, 2.05) is 20.8 Å². The number of nitrogens with zero attached hydrogens (tertiary/aromatic N) is 2. The summed E-state index contributed by atoms with van der Waals surface area (Å²) in [5.41, 5.74) is 2.15. The Morgan fingerprint density at radius 1 is 1.14 bits per heavy atom. The third-order valence-corrected chi connectivity index (χ3v) is 6.56. The van der Waals surface area contributed by atoms with Crippen molar-refractivity contribution in [2.75, 3.05) is 27.2 Å². The van der Waals surface area contributed by atoms with E-state index in [1.54, 1.807) is 43.6 Å². The van der Waals surface area contributed by atoms with Gasteiger partial charge in [0.1, 0.15) is 18.1 Å². The fraction of sp³-hybridized carbons (Fsp3) is 0.500. The molecular weight excluding hydrogens is 523 g/mol. The van der Waals surface area contributed by atoms with Crippen molar-refractivity contribution < 1.29 is 28.9 Å². The van der Waals surface area contributed by atoms with Gasteiger partial charge in [0.15, 0.2) is 5.75 Å². The molecule has 1 atom stereocenters. The van der Waals surface area contributed by atoms with Crippen LogP contribution >= 0.6 is 24.8 Å². The third-order valence-electron chi connectivity index (χ3n) is 6.56. The molecule has 3 rings (SSSR count). The van der Waals surface area contributed by atoms with E-state index >= 15 is 0 Å². The van der Waals surface area contributed by atoms with Gasteiger partial charge in [-0.2, -0.15) is 0 Å². The summed E-state index contributed by atoms with van der Waals surface area (Å²) in [7, 11) is 3.61. The maximum absolute atomic E-state index is 13.0. The first-order valence-corrected chi connectivity index (χ1v) is 11.6. The van der Waals surface area contributed by atoms with E-state index in [-0.39, 0.29) is 56.2 Å². The molecule has 2 heterocycles. The smallest absolute Gasteiger partial charge is 0.350 e. The largest absolute Gasteiger partial charge is 0.503 e. The average Bonchev–Trinajstić information content (AvgIpc) is 2.79. The Hall–Kier alpha value is -2.75. The van der Waals surface area contributed by atoms with Gasteiger partial charge in [0, 0.05) is 24.2 Å². The standard InChI is InChI=1S/C26H34N2O7.2ClH/c1-15-16(2)24-19(17(3)23(15)34-21(30)14-27(6)7)8-10-26(5,35-24)25(32)33-13-12-28-11-9-20(29)22(31)18(28)4;;/h9,11,31H,8,10,12-14H2,1-7H3;2*1H. The molecule has 1 aromatic heterocycles. The first-order chi connectivity index (χ1) is 16.4. The van der Waals surface area contributed by atoms with Gasteiger partial charge in [-0.1, -0.05) is 0 Å². The third kappa shape index (κ3) is 6.77. The molecular formula is C26H36Cl2N2O7. The minimum atomic E-state index is -1.17. The molecule has 1 N–H and O–H groups in total. The van der Waals surface area contributed by atoms with Crippen molar-refractivity contribution in [1.82, 2.24) is 9.47 Å². The number of rotatable bonds is 7. The van der Waals surface area contributed by atoms with Crippen LogP contribution in [0.1, 0.15) is 41.3 Å². The van der Waals surface area contributed by atoms with E-state index in [1.165, 1.54) is 6.07 Å². The van der Waals surface area contributed by atoms with Crippen LogP contribution in [0, 0.1) is 27.7 Å². The van der Waals surface area contributed by atoms with E-state index in [0.717, 1.165) is 22.3 Å². The molecule has 0 radical (unpaired) electrons. The van der Waals surface area contributed by atoms with Gasteiger partial charge in [-0.15, -0.1) is 24.8 Å². The highest BCUT2D eigenvalue weighted by Gasteiger charge is 2.42. The molecule has 9 nitrogen and oxygen atoms in total. The summed E-state index contributed by atoms with van der Waals surface area (Å²) in [6, 6.07) is 1.27. The van der Waals surface area contributed by atoms with Crippen molar-refractivity contribution in [3.05, 3.63) is 50.4 Å². The van der Waals surface area contributed by atoms with Crippen LogP contribution < -0.4 is 14.9 Å². The highest BCUT2D eigenvalue weighted by atomic mass is 35.5. The van der Waals surface area contributed by atoms with E-state index in [2.05, 4.69) is 0 Å². The maximum atomic E-state index is 13.0. The van der Waals surface area contributed by atoms with Crippen molar-refractivity contribution in [3.63, 3.8) is 0 Å². The topological polar surface area (TPSA) is 107 Å². The molecule has 0 amide bonds. The Labute approximate surface area is 229 Å². The number of benzene rings is 1. The second-order valence-corrected chi connectivity index (χ2v) is 9.50. The van der Waals surface area contributed by atoms with Crippen molar-refractivity contribution in [2.45, 2.75) is 59.6 Å². The second kappa shape index (κ2) is 12.7. The van der Waals surface area contributed by atoms with Crippen LogP contribution in [0.2, 0.25) is 0 Å². The quantitative estimate of drug-likeness (QED) is 0.406. The molecule has 0 fully saturated rings. The van der Waals surface area contributed by atoms with Gasteiger partial charge in [-0.05, 0) is 71.8 Å². The van der Waals surface area contributed by atoms with Crippen LogP contribution in [0.3, 0.4) is 0 Å². The summed E-state index contributed by atoms with van der Waals surface area (Å²) in [6.45, 7) is 9.52. The zero-order chi connectivity index (χ0) is 26.1. The second-order valence-electron chi connectivity index (χ2n) is 9.50. The first-order valence-electron chi connectivity index (χ1n) is 11.6. The molecule has 0 spiro atoms. The number of halogens is 2. The molecule has 1 aliphatic heterocycles. The van der Waals surface area contributed by atoms with Crippen LogP contribution in [0.4, 0.5) is 0 Å². The van der Waals surface area contributed by atoms with Gasteiger partial charge in [0.05, 0.1) is 18.8 Å². The number of ether oxygens (including phenoxy) is 3. The highest BCUT2D eigenvalue weighted by Crippen LogP contribution is 2.44. The van der Waals surface area contributed by atoms with E-state index in [9.17, 15) is 19.5 Å². The first kappa shape index (κ1) is 32.3. The van der Waals surface area contributed by atoms with Crippen molar-refractivity contribution in [3.8, 4) is 17.2 Å². The molecule has 1 aromatic carbocycles. The van der Waals surface area contributed by atoms with Gasteiger partial charge in [-0.3, -0.25) is 14.5 Å². The summed E-state index contributed by atoms with van der Waals surface area (Å²) >= 11 is 0. The summed E-state index contributed by atoms with van der Waals surface area (Å²) in [4.78, 5) is 38.5. The molecule has 0 aliphatic carbocycles. The molecule has 206 valence electrons. The van der Waals surface area contributed by atoms with E-state index in [4.69, 9.17) is 14.2 Å². The van der Waals surface area contributed by atoms with Crippen LogP contribution in [-0.4, -0.2) is 59.4 Å². The zero-order valence-electron chi connectivity index (χ0n) is 22.3. The lowest BCUT2D eigenvalue weighted by molar-refractivity contribution is -0.162. The summed E-state index contributed by atoms with van der Waals surface area (Å²) < 4.78 is 19.1. The van der Waals surface area contributed by atoms with Crippen molar-refractivity contribution >= 4 is 36.8 Å². The lowest BCUT2D eigenvalue weighted by atomic mass is 9.87. The van der Waals surface area contributed by atoms with Gasteiger partial charge in [0.2, 0.25) is 11.0 Å². The fourth-order valence-corrected chi connectivity index (χ4v) is 4.23. The number of carbonyl (C=O) groups excluding carboxylic acids is 2. The molecule has 2 aromatic rings. The molecule has 11 heteroatoms. The average molecular weight is 559 g/mol. The number of hydrogen-bond donors (Lipinski definition) is 1. The Balaban J connectivity index is 0.00000342. The van der Waals surface area contributed by atoms with Crippen LogP contribution in [0.25, 0.3) is 0 Å². The zero-order valence-corrected chi connectivity index (χ0v) is 23.9. The Morgan fingerprint density at radius 2 is 1.78 bits per heavy atom. The normalized spacial score (nSPS) is 16.1. The number of esters is 2. The van der Waals surface area contributed by atoms with Crippen molar-refractivity contribution in [1.29, 1.82) is 0 Å². The van der Waals surface area contributed by atoms with Crippen LogP contribution in [0.15, 0.2) is 17.1 Å². The Morgan fingerprint density at radius 3 is 2.41 bits per heavy atom. The maximum Gasteiger partial charge on any atom is 0.350 e. The van der Waals surface area contributed by atoms with Gasteiger partial charge < -0.3 is 23.9 Å². The number of aromatic hydroxyl groups is 1. The molecule has 1 unspecified atom stereocenters. The number of hydrogen-bond acceptors (Lipinski definition) is 8. The van der Waals surface area contributed by atoms with E-state index in [0.29, 0.717) is 30.0 Å². The number of aromatic nitrogens is 1. The Bertz CT molecular complexity index is 1230. The summed E-state index contributed by atoms with van der Waals surface area (Å²) in [5, 5.41) is 9.82. The minimum absolute atomic E-state index is 0. The predicted octanol–water partition coefficient (Wildman–Crippen LogP) is 3.43. The molecule has 37 heavy (non-hydrogen) atoms. The fourth-order valence-electron chi connectivity index (χ4n) is 4.23. The number of fused-ring (bicyclic) bond motifs is 1. The van der Waals surface area contributed by atoms with Crippen LogP contribution in [-0.2, 0) is 27.3 Å². The number of likely N-dealkylation sites (N-methyl/N-ethyl adjacent to an activating group) is 1. The predicted molar refractivity (Wildman–Crippen MR) is 145 cm³/mol.